The molecule has 2 aromatic heterocycles. The van der Waals surface area contributed by atoms with Gasteiger partial charge in [0.25, 0.3) is 5.91 Å². The standard InChI is InChI=1S/C18H16ClF3N4O2S/c1-25(8-15-23-6-7-26(15)11-18(20,21)22)17(27)14-10-29-16(24-14)9-28-13-4-2-12(19)3-5-13/h2-7,10H,8-9,11H2,1H3. The minimum absolute atomic E-state index is 0.0734. The first-order valence-corrected chi connectivity index (χ1v) is 9.62. The number of rotatable bonds is 7. The molecular formula is C18H16ClF3N4O2S. The number of carbonyl (C=O) groups excluding carboxylic acids is 1. The molecule has 0 N–H and O–H groups in total. The molecule has 29 heavy (non-hydrogen) atoms. The molecule has 3 aromatic rings. The quantitative estimate of drug-likeness (QED) is 0.541. The van der Waals surface area contributed by atoms with E-state index in [2.05, 4.69) is 9.97 Å². The maximum atomic E-state index is 12.6. The predicted octanol–water partition coefficient (Wildman–Crippen LogP) is 4.41. The molecule has 0 aliphatic heterocycles. The van der Waals surface area contributed by atoms with E-state index >= 15 is 0 Å². The number of ether oxygens (including phenoxy) is 1. The normalized spacial score (nSPS) is 11.5. The van der Waals surface area contributed by atoms with Crippen LogP contribution in [-0.2, 0) is 19.7 Å². The molecule has 0 aliphatic rings. The van der Waals surface area contributed by atoms with E-state index in [1.54, 1.807) is 29.6 Å². The third kappa shape index (κ3) is 5.94. The molecule has 0 fully saturated rings. The fourth-order valence-corrected chi connectivity index (χ4v) is 3.26. The minimum atomic E-state index is -4.37. The lowest BCUT2D eigenvalue weighted by Crippen LogP contribution is -2.29. The first kappa shape index (κ1) is 21.1. The van der Waals surface area contributed by atoms with Gasteiger partial charge in [0, 0.05) is 29.8 Å². The van der Waals surface area contributed by atoms with Gasteiger partial charge in [-0.15, -0.1) is 11.3 Å². The summed E-state index contributed by atoms with van der Waals surface area (Å²) in [6.45, 7) is -1.05. The van der Waals surface area contributed by atoms with Crippen LogP contribution in [-0.4, -0.2) is 38.6 Å². The minimum Gasteiger partial charge on any atom is -0.486 e. The second-order valence-electron chi connectivity index (χ2n) is 6.12. The van der Waals surface area contributed by atoms with Crippen molar-refractivity contribution in [2.45, 2.75) is 25.9 Å². The maximum absolute atomic E-state index is 12.6. The maximum Gasteiger partial charge on any atom is 0.406 e. The molecule has 0 spiro atoms. The predicted molar refractivity (Wildman–Crippen MR) is 102 cm³/mol. The Labute approximate surface area is 173 Å². The molecule has 0 saturated heterocycles. The van der Waals surface area contributed by atoms with Gasteiger partial charge in [0.2, 0.25) is 0 Å². The van der Waals surface area contributed by atoms with Crippen molar-refractivity contribution in [3.05, 3.63) is 63.6 Å². The molecule has 2 heterocycles. The molecule has 0 radical (unpaired) electrons. The lowest BCUT2D eigenvalue weighted by molar-refractivity contribution is -0.141. The zero-order valence-electron chi connectivity index (χ0n) is 15.2. The van der Waals surface area contributed by atoms with E-state index in [1.165, 1.54) is 35.7 Å². The van der Waals surface area contributed by atoms with Crippen LogP contribution >= 0.6 is 22.9 Å². The number of aromatic nitrogens is 3. The molecule has 3 rings (SSSR count). The van der Waals surface area contributed by atoms with Crippen LogP contribution < -0.4 is 4.74 Å². The summed E-state index contributed by atoms with van der Waals surface area (Å²) >= 11 is 7.08. The number of alkyl halides is 3. The van der Waals surface area contributed by atoms with E-state index in [4.69, 9.17) is 16.3 Å². The first-order chi connectivity index (χ1) is 13.7. The van der Waals surface area contributed by atoms with Crippen LogP contribution in [0.15, 0.2) is 42.0 Å². The second-order valence-corrected chi connectivity index (χ2v) is 7.50. The number of benzene rings is 1. The largest absolute Gasteiger partial charge is 0.486 e. The topological polar surface area (TPSA) is 60.2 Å². The average Bonchev–Trinajstić information content (AvgIpc) is 3.29. The van der Waals surface area contributed by atoms with Crippen LogP contribution in [0.2, 0.25) is 5.02 Å². The van der Waals surface area contributed by atoms with E-state index in [0.717, 1.165) is 4.57 Å². The fourth-order valence-electron chi connectivity index (χ4n) is 2.46. The van der Waals surface area contributed by atoms with Crippen molar-refractivity contribution >= 4 is 28.8 Å². The molecule has 1 amide bonds. The molecule has 154 valence electrons. The molecule has 0 saturated carbocycles. The first-order valence-electron chi connectivity index (χ1n) is 8.36. The van der Waals surface area contributed by atoms with E-state index < -0.39 is 18.6 Å². The van der Waals surface area contributed by atoms with Crippen LogP contribution in [0.1, 0.15) is 21.3 Å². The molecule has 0 unspecified atom stereocenters. The zero-order chi connectivity index (χ0) is 21.0. The molecule has 1 aromatic carbocycles. The Morgan fingerprint density at radius 1 is 1.31 bits per heavy atom. The molecular weight excluding hydrogens is 429 g/mol. The van der Waals surface area contributed by atoms with Crippen LogP contribution in [0.25, 0.3) is 0 Å². The van der Waals surface area contributed by atoms with E-state index in [-0.39, 0.29) is 24.7 Å². The van der Waals surface area contributed by atoms with Crippen molar-refractivity contribution in [3.63, 3.8) is 0 Å². The van der Waals surface area contributed by atoms with E-state index in [0.29, 0.717) is 15.8 Å². The summed E-state index contributed by atoms with van der Waals surface area (Å²) in [7, 11) is 1.48. The molecule has 0 bridgehead atoms. The van der Waals surface area contributed by atoms with Crippen LogP contribution in [0, 0.1) is 0 Å². The van der Waals surface area contributed by atoms with Gasteiger partial charge in [-0.3, -0.25) is 4.79 Å². The summed E-state index contributed by atoms with van der Waals surface area (Å²) in [6, 6.07) is 6.84. The van der Waals surface area contributed by atoms with Gasteiger partial charge < -0.3 is 14.2 Å². The third-order valence-corrected chi connectivity index (χ3v) is 4.90. The second kappa shape index (κ2) is 8.83. The van der Waals surface area contributed by atoms with Gasteiger partial charge in [0.05, 0.1) is 6.54 Å². The Kier molecular flexibility index (Phi) is 6.43. The van der Waals surface area contributed by atoms with Crippen molar-refractivity contribution < 1.29 is 22.7 Å². The Morgan fingerprint density at radius 3 is 2.72 bits per heavy atom. The zero-order valence-corrected chi connectivity index (χ0v) is 16.8. The van der Waals surface area contributed by atoms with Crippen LogP contribution in [0.3, 0.4) is 0 Å². The fraction of sp³-hybridized carbons (Fsp3) is 0.278. The molecule has 11 heteroatoms. The van der Waals surface area contributed by atoms with Gasteiger partial charge in [-0.25, -0.2) is 9.97 Å². The van der Waals surface area contributed by atoms with Gasteiger partial charge in [-0.2, -0.15) is 13.2 Å². The van der Waals surface area contributed by atoms with Gasteiger partial charge in [-0.1, -0.05) is 11.6 Å². The summed E-state index contributed by atoms with van der Waals surface area (Å²) < 4.78 is 44.4. The third-order valence-electron chi connectivity index (χ3n) is 3.82. The SMILES string of the molecule is CN(Cc1nccn1CC(F)(F)F)C(=O)c1csc(COc2ccc(Cl)cc2)n1. The van der Waals surface area contributed by atoms with Crippen molar-refractivity contribution in [3.8, 4) is 5.75 Å². The number of hydrogen-bond acceptors (Lipinski definition) is 5. The molecule has 0 atom stereocenters. The van der Waals surface area contributed by atoms with Crippen molar-refractivity contribution in [2.75, 3.05) is 7.05 Å². The highest BCUT2D eigenvalue weighted by molar-refractivity contribution is 7.09. The number of amides is 1. The number of halogens is 4. The number of hydrogen-bond donors (Lipinski definition) is 0. The van der Waals surface area contributed by atoms with Gasteiger partial charge >= 0.3 is 6.18 Å². The number of nitrogens with zero attached hydrogens (tertiary/aromatic N) is 4. The van der Waals surface area contributed by atoms with Crippen molar-refractivity contribution in [1.82, 2.24) is 19.4 Å². The Bertz CT molecular complexity index is 972. The van der Waals surface area contributed by atoms with Gasteiger partial charge in [-0.05, 0) is 24.3 Å². The van der Waals surface area contributed by atoms with Gasteiger partial charge in [0.1, 0.15) is 35.4 Å². The van der Waals surface area contributed by atoms with E-state index in [9.17, 15) is 18.0 Å². The number of imidazole rings is 1. The summed E-state index contributed by atoms with van der Waals surface area (Å²) in [5, 5.41) is 2.77. The molecule has 6 nitrogen and oxygen atoms in total. The monoisotopic (exact) mass is 444 g/mol. The highest BCUT2D eigenvalue weighted by Crippen LogP contribution is 2.20. The Morgan fingerprint density at radius 2 is 2.03 bits per heavy atom. The lowest BCUT2D eigenvalue weighted by atomic mass is 10.3. The van der Waals surface area contributed by atoms with Crippen LogP contribution in [0.4, 0.5) is 13.2 Å². The Balaban J connectivity index is 1.59. The number of carbonyl (C=O) groups is 1. The summed E-state index contributed by atoms with van der Waals surface area (Å²) in [5.41, 5.74) is 0.195. The summed E-state index contributed by atoms with van der Waals surface area (Å²) in [5.74, 6) is 0.339. The molecule has 0 aliphatic carbocycles. The van der Waals surface area contributed by atoms with Gasteiger partial charge in [0.15, 0.2) is 0 Å². The highest BCUT2D eigenvalue weighted by Gasteiger charge is 2.29. The van der Waals surface area contributed by atoms with Crippen molar-refractivity contribution in [2.24, 2.45) is 0 Å². The summed E-state index contributed by atoms with van der Waals surface area (Å²) in [4.78, 5) is 22.0. The lowest BCUT2D eigenvalue weighted by Gasteiger charge is -2.17. The average molecular weight is 445 g/mol. The smallest absolute Gasteiger partial charge is 0.406 e. The van der Waals surface area contributed by atoms with Crippen LogP contribution in [0.5, 0.6) is 5.75 Å². The number of thiazole rings is 1. The van der Waals surface area contributed by atoms with E-state index in [1.807, 2.05) is 0 Å². The summed E-state index contributed by atoms with van der Waals surface area (Å²) in [6.07, 6.45) is -1.86. The highest BCUT2D eigenvalue weighted by atomic mass is 35.5. The van der Waals surface area contributed by atoms with Crippen molar-refractivity contribution in [1.29, 1.82) is 0 Å². The Hall–Kier alpha value is -2.59.